The highest BCUT2D eigenvalue weighted by Crippen LogP contribution is 2.39. The van der Waals surface area contributed by atoms with Crippen LogP contribution in [0.5, 0.6) is 0 Å². The maximum atomic E-state index is 13.1. The van der Waals surface area contributed by atoms with Crippen molar-refractivity contribution in [3.8, 4) is 0 Å². The summed E-state index contributed by atoms with van der Waals surface area (Å²) in [7, 11) is 0. The molecule has 3 N–H and O–H groups in total. The fraction of sp³-hybridized carbons (Fsp3) is 0.500. The Labute approximate surface area is 102 Å². The van der Waals surface area contributed by atoms with Gasteiger partial charge >= 0.3 is 6.18 Å². The first kappa shape index (κ1) is 14.9. The molecular formula is C12H15F4NO. The van der Waals surface area contributed by atoms with Crippen LogP contribution in [0.1, 0.15) is 31.0 Å². The van der Waals surface area contributed by atoms with Crippen LogP contribution in [0.4, 0.5) is 17.6 Å². The molecule has 0 heterocycles. The summed E-state index contributed by atoms with van der Waals surface area (Å²) in [6, 6.07) is 1.06. The molecule has 0 spiro atoms. The van der Waals surface area contributed by atoms with Gasteiger partial charge in [-0.25, -0.2) is 4.39 Å². The van der Waals surface area contributed by atoms with Crippen molar-refractivity contribution >= 4 is 0 Å². The molecule has 0 unspecified atom stereocenters. The molecule has 1 rings (SSSR count). The van der Waals surface area contributed by atoms with E-state index in [1.54, 1.807) is 0 Å². The fourth-order valence-corrected chi connectivity index (χ4v) is 1.57. The molecule has 1 aromatic carbocycles. The molecule has 102 valence electrons. The van der Waals surface area contributed by atoms with E-state index in [2.05, 4.69) is 0 Å². The quantitative estimate of drug-likeness (QED) is 0.825. The zero-order valence-electron chi connectivity index (χ0n) is 10.1. The van der Waals surface area contributed by atoms with Crippen LogP contribution in [-0.4, -0.2) is 11.7 Å². The van der Waals surface area contributed by atoms with Gasteiger partial charge < -0.3 is 10.8 Å². The van der Waals surface area contributed by atoms with Gasteiger partial charge in [0, 0.05) is 18.1 Å². The van der Waals surface area contributed by atoms with Crippen LogP contribution in [-0.2, 0) is 6.18 Å². The van der Waals surface area contributed by atoms with E-state index < -0.39 is 35.6 Å². The largest absolute Gasteiger partial charge is 0.416 e. The molecule has 0 aliphatic rings. The average molecular weight is 265 g/mol. The van der Waals surface area contributed by atoms with Crippen molar-refractivity contribution in [3.63, 3.8) is 0 Å². The number of alkyl halides is 3. The lowest BCUT2D eigenvalue weighted by atomic mass is 9.80. The van der Waals surface area contributed by atoms with Crippen molar-refractivity contribution in [2.75, 3.05) is 6.61 Å². The van der Waals surface area contributed by atoms with Crippen LogP contribution in [0.2, 0.25) is 0 Å². The predicted octanol–water partition coefficient (Wildman–Crippen LogP) is 2.86. The number of halogens is 4. The van der Waals surface area contributed by atoms with Crippen molar-refractivity contribution in [2.24, 2.45) is 11.1 Å². The van der Waals surface area contributed by atoms with Crippen molar-refractivity contribution in [3.05, 3.63) is 35.1 Å². The molecular weight excluding hydrogens is 250 g/mol. The second-order valence-electron chi connectivity index (χ2n) is 4.85. The number of aliphatic hydroxyl groups is 1. The highest BCUT2D eigenvalue weighted by atomic mass is 19.4. The van der Waals surface area contributed by atoms with E-state index in [9.17, 15) is 17.6 Å². The van der Waals surface area contributed by atoms with Crippen molar-refractivity contribution < 1.29 is 22.7 Å². The van der Waals surface area contributed by atoms with E-state index in [1.807, 2.05) is 0 Å². The zero-order valence-corrected chi connectivity index (χ0v) is 10.1. The number of hydrogen-bond acceptors (Lipinski definition) is 2. The van der Waals surface area contributed by atoms with Gasteiger partial charge in [0.2, 0.25) is 0 Å². The molecule has 0 aromatic heterocycles. The van der Waals surface area contributed by atoms with Gasteiger partial charge in [0.1, 0.15) is 5.82 Å². The van der Waals surface area contributed by atoms with Crippen LogP contribution in [0.25, 0.3) is 0 Å². The van der Waals surface area contributed by atoms with Crippen molar-refractivity contribution in [2.45, 2.75) is 26.1 Å². The Morgan fingerprint density at radius 3 is 2.28 bits per heavy atom. The van der Waals surface area contributed by atoms with E-state index in [0.717, 1.165) is 12.1 Å². The minimum Gasteiger partial charge on any atom is -0.396 e. The smallest absolute Gasteiger partial charge is 0.396 e. The second-order valence-corrected chi connectivity index (χ2v) is 4.85. The number of aliphatic hydroxyl groups excluding tert-OH is 1. The number of nitrogens with two attached hydrogens (primary N) is 1. The highest BCUT2D eigenvalue weighted by molar-refractivity contribution is 5.34. The second kappa shape index (κ2) is 4.85. The molecule has 1 atom stereocenters. The average Bonchev–Trinajstić information content (AvgIpc) is 2.26. The minimum absolute atomic E-state index is 0.346. The summed E-state index contributed by atoms with van der Waals surface area (Å²) in [5, 5.41) is 9.13. The molecule has 0 aliphatic carbocycles. The summed E-state index contributed by atoms with van der Waals surface area (Å²) in [6.07, 6.45) is -4.60. The minimum atomic E-state index is -4.60. The van der Waals surface area contributed by atoms with Crippen LogP contribution in [0, 0.1) is 11.2 Å². The first-order chi connectivity index (χ1) is 8.09. The molecule has 2 nitrogen and oxygen atoms in total. The van der Waals surface area contributed by atoms with E-state index in [-0.39, 0.29) is 5.56 Å². The summed E-state index contributed by atoms with van der Waals surface area (Å²) in [5.41, 5.74) is 3.42. The van der Waals surface area contributed by atoms with Gasteiger partial charge in [-0.3, -0.25) is 0 Å². The number of rotatable bonds is 3. The molecule has 0 saturated carbocycles. The van der Waals surface area contributed by atoms with Crippen molar-refractivity contribution in [1.29, 1.82) is 0 Å². The molecule has 0 amide bonds. The molecule has 0 radical (unpaired) electrons. The van der Waals surface area contributed by atoms with Gasteiger partial charge in [-0.2, -0.15) is 13.2 Å². The first-order valence-electron chi connectivity index (χ1n) is 5.32. The third kappa shape index (κ3) is 3.00. The monoisotopic (exact) mass is 265 g/mol. The standard InChI is InChI=1S/C12H15F4NO/c1-11(2,6-18)10(17)8-5-7(13)3-4-9(8)12(14,15)16/h3-5,10,18H,6,17H2,1-2H3/t10-/m1/s1. The van der Waals surface area contributed by atoms with Crippen LogP contribution in [0.15, 0.2) is 18.2 Å². The van der Waals surface area contributed by atoms with Crippen LogP contribution in [0.3, 0.4) is 0 Å². The molecule has 0 fully saturated rings. The molecule has 1 aromatic rings. The Morgan fingerprint density at radius 2 is 1.83 bits per heavy atom. The Bertz CT molecular complexity index is 429. The van der Waals surface area contributed by atoms with Crippen molar-refractivity contribution in [1.82, 2.24) is 0 Å². The molecule has 6 heteroatoms. The number of benzene rings is 1. The lowest BCUT2D eigenvalue weighted by Gasteiger charge is -2.31. The molecule has 0 saturated heterocycles. The van der Waals surface area contributed by atoms with Gasteiger partial charge in [-0.05, 0) is 23.8 Å². The summed E-state index contributed by atoms with van der Waals surface area (Å²) in [4.78, 5) is 0. The van der Waals surface area contributed by atoms with Gasteiger partial charge in [-0.1, -0.05) is 13.8 Å². The van der Waals surface area contributed by atoms with E-state index >= 15 is 0 Å². The molecule has 0 aliphatic heterocycles. The maximum absolute atomic E-state index is 13.1. The summed E-state index contributed by atoms with van der Waals surface area (Å²) < 4.78 is 51.5. The van der Waals surface area contributed by atoms with E-state index in [1.165, 1.54) is 13.8 Å². The third-order valence-electron chi connectivity index (χ3n) is 2.90. The van der Waals surface area contributed by atoms with Gasteiger partial charge in [-0.15, -0.1) is 0 Å². The van der Waals surface area contributed by atoms with Crippen LogP contribution < -0.4 is 5.73 Å². The summed E-state index contributed by atoms with van der Waals surface area (Å²) >= 11 is 0. The van der Waals surface area contributed by atoms with Gasteiger partial charge in [0.05, 0.1) is 5.56 Å². The van der Waals surface area contributed by atoms with Gasteiger partial charge in [0.15, 0.2) is 0 Å². The Morgan fingerprint density at radius 1 is 1.28 bits per heavy atom. The SMILES string of the molecule is CC(C)(CO)[C@H](N)c1cc(F)ccc1C(F)(F)F. The summed E-state index contributed by atoms with van der Waals surface area (Å²) in [6.45, 7) is 2.63. The first-order valence-corrected chi connectivity index (χ1v) is 5.32. The van der Waals surface area contributed by atoms with Gasteiger partial charge in [0.25, 0.3) is 0 Å². The predicted molar refractivity (Wildman–Crippen MR) is 59.2 cm³/mol. The Balaban J connectivity index is 3.34. The summed E-state index contributed by atoms with van der Waals surface area (Å²) in [5.74, 6) is -0.790. The fourth-order valence-electron chi connectivity index (χ4n) is 1.57. The maximum Gasteiger partial charge on any atom is 0.416 e. The van der Waals surface area contributed by atoms with Crippen LogP contribution >= 0.6 is 0 Å². The third-order valence-corrected chi connectivity index (χ3v) is 2.90. The van der Waals surface area contributed by atoms with E-state index in [4.69, 9.17) is 10.8 Å². The normalized spacial score (nSPS) is 14.7. The lowest BCUT2D eigenvalue weighted by molar-refractivity contribution is -0.138. The molecule has 18 heavy (non-hydrogen) atoms. The molecule has 0 bridgehead atoms. The zero-order chi connectivity index (χ0) is 14.1. The highest BCUT2D eigenvalue weighted by Gasteiger charge is 2.38. The lowest BCUT2D eigenvalue weighted by Crippen LogP contribution is -2.34. The Kier molecular flexibility index (Phi) is 4.02. The number of hydrogen-bond donors (Lipinski definition) is 2. The Hall–Kier alpha value is -1.14. The topological polar surface area (TPSA) is 46.2 Å². The van der Waals surface area contributed by atoms with E-state index in [0.29, 0.717) is 6.07 Å².